The minimum absolute atomic E-state index is 0.0339. The van der Waals surface area contributed by atoms with Crippen LogP contribution in [0.1, 0.15) is 24.6 Å². The van der Waals surface area contributed by atoms with Gasteiger partial charge in [-0.05, 0) is 25.1 Å². The van der Waals surface area contributed by atoms with Crippen molar-refractivity contribution >= 4 is 18.2 Å². The SMILES string of the molecule is Cn1c(C2CCCN(C(=O)NCC(F)(F)F)C2)n[nH]c1=S. The number of H-pyrrole nitrogens is 1. The number of halogens is 3. The molecule has 2 N–H and O–H groups in total. The van der Waals surface area contributed by atoms with E-state index in [0.29, 0.717) is 30.1 Å². The van der Waals surface area contributed by atoms with Crippen LogP contribution in [-0.2, 0) is 7.05 Å². The van der Waals surface area contributed by atoms with Gasteiger partial charge in [-0.15, -0.1) is 0 Å². The van der Waals surface area contributed by atoms with Crippen LogP contribution in [-0.4, -0.2) is 51.5 Å². The van der Waals surface area contributed by atoms with Gasteiger partial charge in [-0.2, -0.15) is 18.3 Å². The highest BCUT2D eigenvalue weighted by molar-refractivity contribution is 7.71. The number of nitrogens with zero attached hydrogens (tertiary/aromatic N) is 3. The van der Waals surface area contributed by atoms with Crippen LogP contribution >= 0.6 is 12.2 Å². The molecular weight excluding hydrogens is 307 g/mol. The first kappa shape index (κ1) is 15.8. The maximum absolute atomic E-state index is 12.1. The standard InChI is InChI=1S/C11H16F3N5OS/c1-18-8(16-17-10(18)21)7-3-2-4-19(5-7)9(20)15-6-11(12,13)14/h7H,2-6H2,1H3,(H,15,20)(H,17,21). The van der Waals surface area contributed by atoms with Crippen LogP contribution in [0, 0.1) is 4.77 Å². The summed E-state index contributed by atoms with van der Waals surface area (Å²) in [7, 11) is 1.77. The molecule has 0 aromatic carbocycles. The fraction of sp³-hybridized carbons (Fsp3) is 0.727. The molecule has 2 amide bonds. The smallest absolute Gasteiger partial charge is 0.329 e. The van der Waals surface area contributed by atoms with Gasteiger partial charge in [-0.3, -0.25) is 5.10 Å². The van der Waals surface area contributed by atoms with Crippen molar-refractivity contribution in [1.29, 1.82) is 0 Å². The summed E-state index contributed by atoms with van der Waals surface area (Å²) in [4.78, 5) is 13.2. The molecule has 21 heavy (non-hydrogen) atoms. The van der Waals surface area contributed by atoms with Gasteiger partial charge in [0.2, 0.25) is 0 Å². The second-order valence-electron chi connectivity index (χ2n) is 5.01. The third-order valence-corrected chi connectivity index (χ3v) is 3.79. The van der Waals surface area contributed by atoms with E-state index in [0.717, 1.165) is 6.42 Å². The van der Waals surface area contributed by atoms with Crippen LogP contribution < -0.4 is 5.32 Å². The summed E-state index contributed by atoms with van der Waals surface area (Å²) >= 11 is 5.03. The summed E-state index contributed by atoms with van der Waals surface area (Å²) in [6, 6.07) is -0.700. The molecule has 1 fully saturated rings. The lowest BCUT2D eigenvalue weighted by molar-refractivity contribution is -0.123. The number of likely N-dealkylation sites (tertiary alicyclic amines) is 1. The zero-order valence-electron chi connectivity index (χ0n) is 11.4. The second kappa shape index (κ2) is 6.04. The molecule has 0 saturated carbocycles. The Morgan fingerprint density at radius 2 is 2.29 bits per heavy atom. The average Bonchev–Trinajstić information content (AvgIpc) is 2.76. The first-order chi connectivity index (χ1) is 9.78. The molecule has 2 rings (SSSR count). The number of aromatic amines is 1. The number of carbonyl (C=O) groups is 1. The number of piperidine rings is 1. The lowest BCUT2D eigenvalue weighted by atomic mass is 9.97. The van der Waals surface area contributed by atoms with E-state index in [-0.39, 0.29) is 5.92 Å². The lowest BCUT2D eigenvalue weighted by Crippen LogP contribution is -2.47. The minimum atomic E-state index is -4.41. The van der Waals surface area contributed by atoms with Crippen LogP contribution in [0.3, 0.4) is 0 Å². The minimum Gasteiger partial charge on any atom is -0.329 e. The van der Waals surface area contributed by atoms with E-state index < -0.39 is 18.8 Å². The van der Waals surface area contributed by atoms with E-state index in [1.54, 1.807) is 11.6 Å². The highest BCUT2D eigenvalue weighted by atomic mass is 32.1. The fourth-order valence-corrected chi connectivity index (χ4v) is 2.52. The Morgan fingerprint density at radius 3 is 2.86 bits per heavy atom. The summed E-state index contributed by atoms with van der Waals surface area (Å²) in [5.74, 6) is 0.682. The quantitative estimate of drug-likeness (QED) is 0.817. The number of urea groups is 1. The zero-order chi connectivity index (χ0) is 15.6. The van der Waals surface area contributed by atoms with Crippen molar-refractivity contribution < 1.29 is 18.0 Å². The second-order valence-corrected chi connectivity index (χ2v) is 5.39. The van der Waals surface area contributed by atoms with Crippen LogP contribution in [0.15, 0.2) is 0 Å². The van der Waals surface area contributed by atoms with E-state index in [2.05, 4.69) is 10.2 Å². The molecule has 1 atom stereocenters. The molecule has 0 radical (unpaired) electrons. The first-order valence-corrected chi connectivity index (χ1v) is 6.89. The van der Waals surface area contributed by atoms with E-state index in [1.807, 2.05) is 5.32 Å². The van der Waals surface area contributed by atoms with Gasteiger partial charge in [0.15, 0.2) is 4.77 Å². The number of carbonyl (C=O) groups excluding carboxylic acids is 1. The summed E-state index contributed by atoms with van der Waals surface area (Å²) in [5, 5.41) is 8.69. The third kappa shape index (κ3) is 3.96. The molecule has 1 aliphatic heterocycles. The molecule has 1 aliphatic rings. The highest BCUT2D eigenvalue weighted by Gasteiger charge is 2.31. The van der Waals surface area contributed by atoms with Gasteiger partial charge in [0, 0.05) is 26.1 Å². The molecule has 0 spiro atoms. The van der Waals surface area contributed by atoms with Gasteiger partial charge in [0.25, 0.3) is 0 Å². The molecule has 0 bridgehead atoms. The topological polar surface area (TPSA) is 66.0 Å². The van der Waals surface area contributed by atoms with Gasteiger partial charge in [-0.25, -0.2) is 4.79 Å². The number of hydrogen-bond donors (Lipinski definition) is 2. The maximum atomic E-state index is 12.1. The molecule has 118 valence electrons. The first-order valence-electron chi connectivity index (χ1n) is 6.49. The molecule has 1 aromatic rings. The van der Waals surface area contributed by atoms with Gasteiger partial charge < -0.3 is 14.8 Å². The van der Waals surface area contributed by atoms with Crippen LogP contribution in [0.5, 0.6) is 0 Å². The van der Waals surface area contributed by atoms with Crippen molar-refractivity contribution in [2.24, 2.45) is 7.05 Å². The van der Waals surface area contributed by atoms with Crippen LogP contribution in [0.4, 0.5) is 18.0 Å². The summed E-state index contributed by atoms with van der Waals surface area (Å²) < 4.78 is 38.5. The van der Waals surface area contributed by atoms with Crippen LogP contribution in [0.2, 0.25) is 0 Å². The van der Waals surface area contributed by atoms with Crippen molar-refractivity contribution in [2.75, 3.05) is 19.6 Å². The zero-order valence-corrected chi connectivity index (χ0v) is 12.2. The molecule has 1 saturated heterocycles. The Labute approximate surface area is 124 Å². The molecule has 6 nitrogen and oxygen atoms in total. The van der Waals surface area contributed by atoms with Gasteiger partial charge in [0.05, 0.1) is 0 Å². The number of nitrogens with one attached hydrogen (secondary N) is 2. The van der Waals surface area contributed by atoms with E-state index >= 15 is 0 Å². The molecule has 1 aromatic heterocycles. The number of amides is 2. The molecule has 10 heteroatoms. The summed E-state index contributed by atoms with van der Waals surface area (Å²) in [6.07, 6.45) is -2.88. The van der Waals surface area contributed by atoms with Crippen molar-refractivity contribution in [3.63, 3.8) is 0 Å². The predicted molar refractivity (Wildman–Crippen MR) is 71.4 cm³/mol. The van der Waals surface area contributed by atoms with E-state index in [4.69, 9.17) is 12.2 Å². The predicted octanol–water partition coefficient (Wildman–Crippen LogP) is 1.93. The monoisotopic (exact) mass is 323 g/mol. The number of alkyl halides is 3. The highest BCUT2D eigenvalue weighted by Crippen LogP contribution is 2.25. The van der Waals surface area contributed by atoms with Gasteiger partial charge in [0.1, 0.15) is 12.4 Å². The Bertz CT molecular complexity index is 567. The number of hydrogen-bond acceptors (Lipinski definition) is 3. The van der Waals surface area contributed by atoms with Crippen molar-refractivity contribution in [3.8, 4) is 0 Å². The molecule has 1 unspecified atom stereocenters. The van der Waals surface area contributed by atoms with Gasteiger partial charge in [-0.1, -0.05) is 0 Å². The lowest BCUT2D eigenvalue weighted by Gasteiger charge is -2.32. The largest absolute Gasteiger partial charge is 0.405 e. The summed E-state index contributed by atoms with van der Waals surface area (Å²) in [6.45, 7) is -0.550. The van der Waals surface area contributed by atoms with E-state index in [1.165, 1.54) is 4.90 Å². The Hall–Kier alpha value is -1.58. The van der Waals surface area contributed by atoms with Crippen molar-refractivity contribution in [2.45, 2.75) is 24.9 Å². The normalized spacial score (nSPS) is 19.6. The number of aromatic nitrogens is 3. The summed E-state index contributed by atoms with van der Waals surface area (Å²) in [5.41, 5.74) is 0. The third-order valence-electron chi connectivity index (χ3n) is 3.43. The average molecular weight is 323 g/mol. The van der Waals surface area contributed by atoms with Crippen molar-refractivity contribution in [1.82, 2.24) is 25.0 Å². The Kier molecular flexibility index (Phi) is 4.55. The Morgan fingerprint density at radius 1 is 1.57 bits per heavy atom. The van der Waals surface area contributed by atoms with E-state index in [9.17, 15) is 18.0 Å². The van der Waals surface area contributed by atoms with Crippen molar-refractivity contribution in [3.05, 3.63) is 10.6 Å². The fourth-order valence-electron chi connectivity index (χ4n) is 2.38. The van der Waals surface area contributed by atoms with Crippen LogP contribution in [0.25, 0.3) is 0 Å². The molecule has 0 aliphatic carbocycles. The Balaban J connectivity index is 1.99. The number of rotatable bonds is 2. The van der Waals surface area contributed by atoms with Gasteiger partial charge >= 0.3 is 12.2 Å². The molecular formula is C11H16F3N5OS. The molecule has 2 heterocycles. The maximum Gasteiger partial charge on any atom is 0.405 e.